The maximum atomic E-state index is 13.7. The number of anilines is 1. The molecule has 1 aromatic carbocycles. The molecule has 202 valence electrons. The van der Waals surface area contributed by atoms with Gasteiger partial charge in [0.1, 0.15) is 10.5 Å². The van der Waals surface area contributed by atoms with Crippen LogP contribution in [0.3, 0.4) is 0 Å². The second-order valence-electron chi connectivity index (χ2n) is 10.0. The van der Waals surface area contributed by atoms with E-state index in [-0.39, 0.29) is 29.5 Å². The molecule has 1 N–H and O–H groups in total. The maximum Gasteiger partial charge on any atom is 0.341 e. The molecule has 37 heavy (non-hydrogen) atoms. The molecular weight excluding hydrogens is 492 g/mol. The van der Waals surface area contributed by atoms with E-state index in [2.05, 4.69) is 41.9 Å². The van der Waals surface area contributed by atoms with Crippen molar-refractivity contribution in [1.29, 1.82) is 0 Å². The van der Waals surface area contributed by atoms with Crippen molar-refractivity contribution in [2.45, 2.75) is 52.4 Å². The fraction of sp³-hybridized carbons (Fsp3) is 0.556. The number of hydrogen-bond acceptors (Lipinski definition) is 6. The number of benzene rings is 1. The van der Waals surface area contributed by atoms with Gasteiger partial charge in [0.25, 0.3) is 0 Å². The van der Waals surface area contributed by atoms with Gasteiger partial charge in [-0.2, -0.15) is 4.31 Å². The van der Waals surface area contributed by atoms with Crippen LogP contribution in [0.1, 0.15) is 52.6 Å². The Bertz CT molecular complexity index is 1280. The van der Waals surface area contributed by atoms with Crippen LogP contribution in [0.15, 0.2) is 23.1 Å². The minimum absolute atomic E-state index is 0.00750. The summed E-state index contributed by atoms with van der Waals surface area (Å²) in [6.45, 7) is 12.5. The van der Waals surface area contributed by atoms with Crippen LogP contribution in [0.25, 0.3) is 0 Å². The summed E-state index contributed by atoms with van der Waals surface area (Å²) in [5, 5.41) is 0. The van der Waals surface area contributed by atoms with E-state index in [0.717, 1.165) is 13.1 Å². The smallest absolute Gasteiger partial charge is 0.341 e. The molecule has 1 atom stereocenters. The van der Waals surface area contributed by atoms with Crippen LogP contribution in [0.5, 0.6) is 0 Å². The van der Waals surface area contributed by atoms with E-state index in [1.54, 1.807) is 20.8 Å². The third kappa shape index (κ3) is 5.27. The van der Waals surface area contributed by atoms with Crippen LogP contribution in [0.4, 0.5) is 5.69 Å². The molecule has 2 aromatic rings. The van der Waals surface area contributed by atoms with Crippen LogP contribution in [0.2, 0.25) is 0 Å². The summed E-state index contributed by atoms with van der Waals surface area (Å²) < 4.78 is 33.9. The Balaban J connectivity index is 1.47. The highest BCUT2D eigenvalue weighted by atomic mass is 32.2. The van der Waals surface area contributed by atoms with E-state index in [1.165, 1.54) is 21.1 Å². The summed E-state index contributed by atoms with van der Waals surface area (Å²) in [6, 6.07) is 6.29. The number of hydrogen-bond donors (Lipinski definition) is 1. The molecule has 1 unspecified atom stereocenters. The van der Waals surface area contributed by atoms with Crippen molar-refractivity contribution in [2.24, 2.45) is 5.92 Å². The largest absolute Gasteiger partial charge is 0.462 e. The summed E-state index contributed by atoms with van der Waals surface area (Å²) in [5.41, 5.74) is 4.62. The van der Waals surface area contributed by atoms with Gasteiger partial charge in [-0.15, -0.1) is 0 Å². The lowest BCUT2D eigenvalue weighted by atomic mass is 9.97. The first-order valence-electron chi connectivity index (χ1n) is 13.0. The monoisotopic (exact) mass is 530 g/mol. The highest BCUT2D eigenvalue weighted by Gasteiger charge is 2.39. The number of sulfonamides is 1. The lowest BCUT2D eigenvalue weighted by Gasteiger charge is -2.40. The predicted octanol–water partition coefficient (Wildman–Crippen LogP) is 3.17. The number of aryl methyl sites for hydroxylation is 3. The number of piperazine rings is 1. The SMILES string of the molecule is CCOC(=O)c1c(C)[nH]c(C)c1S(=O)(=O)N1CCCC(C(=O)N2CCN(c3cccc(C)c3C)CC2)C1. The van der Waals surface area contributed by atoms with Crippen LogP contribution >= 0.6 is 0 Å². The quantitative estimate of drug-likeness (QED) is 0.576. The molecule has 1 aromatic heterocycles. The Morgan fingerprint density at radius 1 is 1.03 bits per heavy atom. The normalized spacial score (nSPS) is 19.2. The van der Waals surface area contributed by atoms with E-state index in [0.29, 0.717) is 43.9 Å². The predicted molar refractivity (Wildman–Crippen MR) is 142 cm³/mol. The first kappa shape index (κ1) is 27.2. The van der Waals surface area contributed by atoms with Crippen LogP contribution in [-0.4, -0.2) is 80.4 Å². The average molecular weight is 531 g/mol. The molecule has 0 spiro atoms. The zero-order valence-electron chi connectivity index (χ0n) is 22.5. The molecular formula is C27H38N4O5S. The Labute approximate surface area is 219 Å². The standard InChI is InChI=1S/C27H38N4O5S/c1-6-36-27(33)24-20(4)28-21(5)25(24)37(34,35)31-12-8-10-22(17-31)26(32)30-15-13-29(14-16-30)23-11-7-9-18(2)19(23)3/h7,9,11,22,28H,6,8,10,12-17H2,1-5H3. The number of nitrogens with zero attached hydrogens (tertiary/aromatic N) is 3. The van der Waals surface area contributed by atoms with Gasteiger partial charge in [-0.3, -0.25) is 4.79 Å². The second kappa shape index (κ2) is 10.9. The first-order chi connectivity index (χ1) is 17.6. The lowest BCUT2D eigenvalue weighted by molar-refractivity contribution is -0.137. The van der Waals surface area contributed by atoms with Crippen molar-refractivity contribution in [1.82, 2.24) is 14.2 Å². The van der Waals surface area contributed by atoms with Crippen molar-refractivity contribution in [3.05, 3.63) is 46.3 Å². The van der Waals surface area contributed by atoms with Gasteiger partial charge < -0.3 is 19.5 Å². The maximum absolute atomic E-state index is 13.7. The molecule has 0 radical (unpaired) electrons. The number of aromatic nitrogens is 1. The molecule has 3 heterocycles. The average Bonchev–Trinajstić information content (AvgIpc) is 3.20. The van der Waals surface area contributed by atoms with Crippen LogP contribution in [-0.2, 0) is 19.6 Å². The van der Waals surface area contributed by atoms with Gasteiger partial charge in [-0.05, 0) is 64.7 Å². The molecule has 1 amide bonds. The Kier molecular flexibility index (Phi) is 7.99. The third-order valence-electron chi connectivity index (χ3n) is 7.64. The Morgan fingerprint density at radius 3 is 2.41 bits per heavy atom. The fourth-order valence-electron chi connectivity index (χ4n) is 5.53. The number of nitrogens with one attached hydrogen (secondary N) is 1. The van der Waals surface area contributed by atoms with Gasteiger partial charge in [-0.1, -0.05) is 12.1 Å². The van der Waals surface area contributed by atoms with Crippen molar-refractivity contribution in [3.63, 3.8) is 0 Å². The number of carbonyl (C=O) groups is 2. The molecule has 2 saturated heterocycles. The minimum Gasteiger partial charge on any atom is -0.462 e. The molecule has 0 saturated carbocycles. The van der Waals surface area contributed by atoms with Crippen LogP contribution < -0.4 is 4.90 Å². The van der Waals surface area contributed by atoms with Gasteiger partial charge in [0.05, 0.1) is 12.5 Å². The van der Waals surface area contributed by atoms with Gasteiger partial charge in [-0.25, -0.2) is 13.2 Å². The summed E-state index contributed by atoms with van der Waals surface area (Å²) in [4.78, 5) is 33.2. The van der Waals surface area contributed by atoms with E-state index in [9.17, 15) is 18.0 Å². The number of carbonyl (C=O) groups excluding carboxylic acids is 2. The summed E-state index contributed by atoms with van der Waals surface area (Å²) in [5.74, 6) is -1.05. The fourth-order valence-corrected chi connectivity index (χ4v) is 7.46. The molecule has 2 aliphatic rings. The van der Waals surface area contributed by atoms with E-state index in [1.807, 2.05) is 4.90 Å². The van der Waals surface area contributed by atoms with E-state index >= 15 is 0 Å². The molecule has 4 rings (SSSR count). The molecule has 2 aliphatic heterocycles. The zero-order valence-corrected chi connectivity index (χ0v) is 23.3. The highest BCUT2D eigenvalue weighted by molar-refractivity contribution is 7.89. The Morgan fingerprint density at radius 2 is 1.73 bits per heavy atom. The minimum atomic E-state index is -3.99. The highest BCUT2D eigenvalue weighted by Crippen LogP contribution is 2.31. The van der Waals surface area contributed by atoms with Crippen molar-refractivity contribution < 1.29 is 22.7 Å². The summed E-state index contributed by atoms with van der Waals surface area (Å²) >= 11 is 0. The summed E-state index contributed by atoms with van der Waals surface area (Å²) in [7, 11) is -3.99. The lowest BCUT2D eigenvalue weighted by Crippen LogP contribution is -2.53. The van der Waals surface area contributed by atoms with Gasteiger partial charge in [0.2, 0.25) is 15.9 Å². The first-order valence-corrected chi connectivity index (χ1v) is 14.5. The number of piperidine rings is 1. The van der Waals surface area contributed by atoms with Gasteiger partial charge >= 0.3 is 5.97 Å². The molecule has 10 heteroatoms. The number of esters is 1. The molecule has 2 fully saturated rings. The van der Waals surface area contributed by atoms with Crippen LogP contribution in [0, 0.1) is 33.6 Å². The Hall–Kier alpha value is -2.85. The number of H-pyrrole nitrogens is 1. The third-order valence-corrected chi connectivity index (χ3v) is 9.67. The molecule has 0 bridgehead atoms. The number of rotatable bonds is 6. The number of ether oxygens (including phenoxy) is 1. The molecule has 9 nitrogen and oxygen atoms in total. The van der Waals surface area contributed by atoms with Gasteiger partial charge in [0, 0.05) is 56.3 Å². The van der Waals surface area contributed by atoms with Gasteiger partial charge in [0.15, 0.2) is 0 Å². The van der Waals surface area contributed by atoms with Crippen molar-refractivity contribution >= 4 is 27.6 Å². The van der Waals surface area contributed by atoms with E-state index < -0.39 is 21.9 Å². The molecule has 0 aliphatic carbocycles. The summed E-state index contributed by atoms with van der Waals surface area (Å²) in [6.07, 6.45) is 1.24. The van der Waals surface area contributed by atoms with Crippen molar-refractivity contribution in [2.75, 3.05) is 50.8 Å². The zero-order chi connectivity index (χ0) is 26.9. The van der Waals surface area contributed by atoms with Crippen molar-refractivity contribution in [3.8, 4) is 0 Å². The second-order valence-corrected chi connectivity index (χ2v) is 11.9. The number of amides is 1. The number of aromatic amines is 1. The topological polar surface area (TPSA) is 103 Å². The van der Waals surface area contributed by atoms with E-state index in [4.69, 9.17) is 4.74 Å².